The second-order valence-electron chi connectivity index (χ2n) is 12.4. The highest BCUT2D eigenvalue weighted by molar-refractivity contribution is 5.69. The van der Waals surface area contributed by atoms with Crippen molar-refractivity contribution < 1.29 is 19.4 Å². The van der Waals surface area contributed by atoms with Crippen LogP contribution in [0, 0.1) is 0 Å². The van der Waals surface area contributed by atoms with Crippen LogP contribution in [0.5, 0.6) is 0 Å². The van der Waals surface area contributed by atoms with Gasteiger partial charge >= 0.3 is 11.9 Å². The highest BCUT2D eigenvalue weighted by atomic mass is 16.5. The molecule has 0 saturated heterocycles. The Balaban J connectivity index is 3.94. The Kier molecular flexibility index (Phi) is 32.6. The highest BCUT2D eigenvalue weighted by Crippen LogP contribution is 2.16. The molecule has 0 aliphatic heterocycles. The van der Waals surface area contributed by atoms with Crippen LogP contribution >= 0.6 is 0 Å². The van der Waals surface area contributed by atoms with Crippen molar-refractivity contribution >= 4 is 11.9 Å². The van der Waals surface area contributed by atoms with Crippen LogP contribution in [0.1, 0.15) is 200 Å². The molecule has 42 heavy (non-hydrogen) atoms. The number of carbonyl (C=O) groups is 2. The van der Waals surface area contributed by atoms with Gasteiger partial charge in [-0.1, -0.05) is 160 Å². The summed E-state index contributed by atoms with van der Waals surface area (Å²) in [6.07, 6.45) is 42.1. The molecular weight excluding hydrogens is 520 g/mol. The molecule has 0 fully saturated rings. The number of unbranched alkanes of at least 4 members (excludes halogenated alkanes) is 22. The maximum Gasteiger partial charge on any atom is 0.306 e. The number of carboxylic acids is 1. The molecule has 0 aliphatic rings. The summed E-state index contributed by atoms with van der Waals surface area (Å²) in [6, 6.07) is 0. The summed E-state index contributed by atoms with van der Waals surface area (Å²) in [5.41, 5.74) is 0. The first-order chi connectivity index (χ1) is 20.6. The number of rotatable bonds is 33. The van der Waals surface area contributed by atoms with Crippen LogP contribution < -0.4 is 0 Å². The molecule has 4 nitrogen and oxygen atoms in total. The summed E-state index contributed by atoms with van der Waals surface area (Å²) in [7, 11) is 0. The summed E-state index contributed by atoms with van der Waals surface area (Å²) >= 11 is 0. The van der Waals surface area contributed by atoms with Crippen molar-refractivity contribution in [2.45, 2.75) is 206 Å². The van der Waals surface area contributed by atoms with Crippen molar-refractivity contribution in [1.29, 1.82) is 0 Å². The molecule has 0 heterocycles. The van der Waals surface area contributed by atoms with Crippen LogP contribution in [0.15, 0.2) is 24.3 Å². The van der Waals surface area contributed by atoms with Crippen molar-refractivity contribution in [2.75, 3.05) is 0 Å². The average molecular weight is 591 g/mol. The van der Waals surface area contributed by atoms with E-state index in [0.29, 0.717) is 6.42 Å². The Morgan fingerprint density at radius 3 is 1.52 bits per heavy atom. The zero-order valence-corrected chi connectivity index (χ0v) is 28.1. The molecule has 0 bridgehead atoms. The van der Waals surface area contributed by atoms with Gasteiger partial charge in [-0.05, 0) is 51.0 Å². The van der Waals surface area contributed by atoms with Gasteiger partial charge in [-0.3, -0.25) is 9.59 Å². The lowest BCUT2D eigenvalue weighted by molar-refractivity contribution is -0.147. The molecule has 0 aromatic rings. The molecule has 0 spiro atoms. The molecule has 0 aliphatic carbocycles. The lowest BCUT2D eigenvalue weighted by Crippen LogP contribution is -2.16. The molecule has 0 saturated carbocycles. The second-order valence-corrected chi connectivity index (χ2v) is 12.4. The quantitative estimate of drug-likeness (QED) is 0.0469. The van der Waals surface area contributed by atoms with Crippen molar-refractivity contribution in [1.82, 2.24) is 0 Å². The van der Waals surface area contributed by atoms with E-state index in [9.17, 15) is 9.59 Å². The zero-order valence-electron chi connectivity index (χ0n) is 28.1. The van der Waals surface area contributed by atoms with E-state index in [-0.39, 0.29) is 18.5 Å². The Hall–Kier alpha value is -1.58. The van der Waals surface area contributed by atoms with Crippen LogP contribution in [0.3, 0.4) is 0 Å². The Morgan fingerprint density at radius 1 is 0.548 bits per heavy atom. The summed E-state index contributed by atoms with van der Waals surface area (Å²) in [4.78, 5) is 23.2. The van der Waals surface area contributed by atoms with Gasteiger partial charge in [0, 0.05) is 12.8 Å². The third-order valence-corrected chi connectivity index (χ3v) is 8.16. The number of hydrogen-bond acceptors (Lipinski definition) is 3. The molecule has 0 aromatic heterocycles. The van der Waals surface area contributed by atoms with Gasteiger partial charge in [0.1, 0.15) is 6.10 Å². The highest BCUT2D eigenvalue weighted by Gasteiger charge is 2.11. The van der Waals surface area contributed by atoms with Crippen molar-refractivity contribution in [3.8, 4) is 0 Å². The van der Waals surface area contributed by atoms with Crippen LogP contribution in [0.2, 0.25) is 0 Å². The van der Waals surface area contributed by atoms with E-state index < -0.39 is 5.97 Å². The molecule has 246 valence electrons. The molecule has 0 amide bonds. The Bertz CT molecular complexity index is 639. The lowest BCUT2D eigenvalue weighted by atomic mass is 10.0. The summed E-state index contributed by atoms with van der Waals surface area (Å²) in [5.74, 6) is -0.802. The smallest absolute Gasteiger partial charge is 0.306 e. The minimum atomic E-state index is -0.725. The molecular formula is C38H70O4. The van der Waals surface area contributed by atoms with Gasteiger partial charge in [0.2, 0.25) is 0 Å². The van der Waals surface area contributed by atoms with Crippen molar-refractivity contribution in [3.63, 3.8) is 0 Å². The zero-order chi connectivity index (χ0) is 30.8. The van der Waals surface area contributed by atoms with Gasteiger partial charge in [-0.25, -0.2) is 0 Å². The van der Waals surface area contributed by atoms with E-state index in [1.807, 2.05) is 0 Å². The first-order valence-corrected chi connectivity index (χ1v) is 18.3. The monoisotopic (exact) mass is 591 g/mol. The fourth-order valence-corrected chi connectivity index (χ4v) is 5.43. The second kappa shape index (κ2) is 33.9. The van der Waals surface area contributed by atoms with Crippen LogP contribution in [0.4, 0.5) is 0 Å². The molecule has 4 heteroatoms. The number of allylic oxidation sites excluding steroid dienone is 3. The summed E-state index contributed by atoms with van der Waals surface area (Å²) < 4.78 is 5.84. The third kappa shape index (κ3) is 32.9. The molecule has 1 N–H and O–H groups in total. The van der Waals surface area contributed by atoms with E-state index in [0.717, 1.165) is 57.8 Å². The first-order valence-electron chi connectivity index (χ1n) is 18.3. The fourth-order valence-electron chi connectivity index (χ4n) is 5.43. The predicted octanol–water partition coefficient (Wildman–Crippen LogP) is 12.4. The number of carboxylic acid groups (broad SMARTS) is 1. The van der Waals surface area contributed by atoms with Gasteiger partial charge in [0.25, 0.3) is 0 Å². The van der Waals surface area contributed by atoms with Crippen molar-refractivity contribution in [2.24, 2.45) is 0 Å². The van der Waals surface area contributed by atoms with Crippen LogP contribution in [-0.4, -0.2) is 23.1 Å². The lowest BCUT2D eigenvalue weighted by Gasteiger charge is -2.14. The number of ether oxygens (including phenoxy) is 1. The molecule has 1 unspecified atom stereocenters. The molecule has 0 rings (SSSR count). The van der Waals surface area contributed by atoms with Gasteiger partial charge in [0.05, 0.1) is 0 Å². The van der Waals surface area contributed by atoms with E-state index in [1.54, 1.807) is 0 Å². The summed E-state index contributed by atoms with van der Waals surface area (Å²) in [5, 5.41) is 8.80. The number of esters is 1. The minimum absolute atomic E-state index is 0.0772. The van der Waals surface area contributed by atoms with E-state index >= 15 is 0 Å². The topological polar surface area (TPSA) is 63.6 Å². The first kappa shape index (κ1) is 40.4. The number of carbonyl (C=O) groups excluding carboxylic acids is 1. The van der Waals surface area contributed by atoms with E-state index in [2.05, 4.69) is 38.2 Å². The maximum atomic E-state index is 12.5. The predicted molar refractivity (Wildman–Crippen MR) is 181 cm³/mol. The van der Waals surface area contributed by atoms with Gasteiger partial charge < -0.3 is 9.84 Å². The standard InChI is InChI=1S/C38H70O4/c1-3-5-7-9-11-13-14-15-16-17-18-19-20-21-23-25-31-35-38(41)42-36(33-29-26-27-30-34-37(39)40)32-28-24-22-12-10-8-6-4-2/h12,22,28,32,36H,3-11,13-21,23-27,29-31,33-35H2,1-2H3,(H,39,40)/b22-12-,32-28-. The number of hydrogen-bond donors (Lipinski definition) is 1. The van der Waals surface area contributed by atoms with E-state index in [4.69, 9.17) is 9.84 Å². The van der Waals surface area contributed by atoms with Crippen molar-refractivity contribution in [3.05, 3.63) is 24.3 Å². The average Bonchev–Trinajstić information content (AvgIpc) is 2.97. The Morgan fingerprint density at radius 2 is 1.00 bits per heavy atom. The maximum absolute atomic E-state index is 12.5. The Labute approximate surface area is 261 Å². The van der Waals surface area contributed by atoms with E-state index in [1.165, 1.54) is 116 Å². The fraction of sp³-hybridized carbons (Fsp3) is 0.842. The van der Waals surface area contributed by atoms with Gasteiger partial charge in [0.15, 0.2) is 0 Å². The minimum Gasteiger partial charge on any atom is -0.481 e. The molecule has 0 aromatic carbocycles. The number of aliphatic carboxylic acids is 1. The van der Waals surface area contributed by atoms with Crippen LogP contribution in [-0.2, 0) is 14.3 Å². The molecule has 0 radical (unpaired) electrons. The SMILES string of the molecule is CCCCC/C=C\C/C=C\C(CCCCCCC(=O)O)OC(=O)CCCCCCCCCCCCCCCCCCC. The largest absolute Gasteiger partial charge is 0.481 e. The summed E-state index contributed by atoms with van der Waals surface area (Å²) in [6.45, 7) is 4.51. The normalized spacial score (nSPS) is 12.4. The van der Waals surface area contributed by atoms with Gasteiger partial charge in [-0.15, -0.1) is 0 Å². The molecule has 1 atom stereocenters. The van der Waals surface area contributed by atoms with Gasteiger partial charge in [-0.2, -0.15) is 0 Å². The third-order valence-electron chi connectivity index (χ3n) is 8.16. The van der Waals surface area contributed by atoms with Crippen LogP contribution in [0.25, 0.3) is 0 Å².